The third-order valence-corrected chi connectivity index (χ3v) is 16.3. The van der Waals surface area contributed by atoms with E-state index >= 15 is 0 Å². The van der Waals surface area contributed by atoms with Crippen LogP contribution in [0.4, 0.5) is 0 Å². The van der Waals surface area contributed by atoms with Gasteiger partial charge in [0, 0.05) is 19.3 Å². The number of rotatable bonds is 67. The van der Waals surface area contributed by atoms with Crippen LogP contribution in [0, 0.1) is 0 Å². The van der Waals surface area contributed by atoms with Gasteiger partial charge in [0.1, 0.15) is 13.2 Å². The molecule has 474 valence electrons. The van der Waals surface area contributed by atoms with E-state index in [1.807, 2.05) is 0 Å². The van der Waals surface area contributed by atoms with Gasteiger partial charge in [0.05, 0.1) is 0 Å². The molecule has 0 aromatic rings. The smallest absolute Gasteiger partial charge is 0.306 e. The fourth-order valence-corrected chi connectivity index (χ4v) is 11.0. The number of ether oxygens (including phenoxy) is 3. The first kappa shape index (κ1) is 78.4. The van der Waals surface area contributed by atoms with E-state index in [2.05, 4.69) is 69.4 Å². The zero-order chi connectivity index (χ0) is 58.5. The maximum Gasteiger partial charge on any atom is 0.306 e. The summed E-state index contributed by atoms with van der Waals surface area (Å²) in [7, 11) is 0. The van der Waals surface area contributed by atoms with E-state index in [0.717, 1.165) is 83.5 Å². The normalized spacial score (nSPS) is 12.3. The van der Waals surface area contributed by atoms with E-state index < -0.39 is 6.10 Å². The van der Waals surface area contributed by atoms with Crippen LogP contribution >= 0.6 is 0 Å². The van der Waals surface area contributed by atoms with Crippen molar-refractivity contribution in [1.29, 1.82) is 0 Å². The number of unbranched alkanes of at least 4 members (excludes halogenated alkanes) is 48. The SMILES string of the molecule is CC/C=C\C/C=C\C/C=C\C/C=C\CCCCCCCCCCCCC(=O)OCC(COC(=O)CCCCCCCCCCCCCCCCCCCCC)OC(=O)CCCCCCCCCCCCCCCCCCCCCCC. The molecule has 0 aliphatic rings. The van der Waals surface area contributed by atoms with E-state index in [-0.39, 0.29) is 31.1 Å². The zero-order valence-corrected chi connectivity index (χ0v) is 54.6. The second-order valence-electron chi connectivity index (χ2n) is 24.5. The third-order valence-electron chi connectivity index (χ3n) is 16.3. The predicted molar refractivity (Wildman–Crippen MR) is 353 cm³/mol. The highest BCUT2D eigenvalue weighted by Crippen LogP contribution is 2.19. The van der Waals surface area contributed by atoms with Gasteiger partial charge in [-0.2, -0.15) is 0 Å². The molecule has 0 aromatic heterocycles. The van der Waals surface area contributed by atoms with Crippen molar-refractivity contribution < 1.29 is 28.6 Å². The molecule has 0 radical (unpaired) electrons. The minimum absolute atomic E-state index is 0.0679. The molecule has 0 saturated carbocycles. The largest absolute Gasteiger partial charge is 0.462 e. The van der Waals surface area contributed by atoms with Gasteiger partial charge in [0.15, 0.2) is 6.10 Å². The molecule has 0 aliphatic carbocycles. The molecular formula is C75H138O6. The van der Waals surface area contributed by atoms with Crippen molar-refractivity contribution >= 4 is 17.9 Å². The molecule has 0 spiro atoms. The minimum Gasteiger partial charge on any atom is -0.462 e. The van der Waals surface area contributed by atoms with Crippen molar-refractivity contribution in [2.75, 3.05) is 13.2 Å². The number of esters is 3. The van der Waals surface area contributed by atoms with Gasteiger partial charge in [-0.05, 0) is 57.8 Å². The average Bonchev–Trinajstić information content (AvgIpc) is 3.47. The molecule has 0 aromatic carbocycles. The average molecular weight is 1140 g/mol. The molecule has 0 fully saturated rings. The zero-order valence-electron chi connectivity index (χ0n) is 54.6. The van der Waals surface area contributed by atoms with Crippen LogP contribution in [0.5, 0.6) is 0 Å². The van der Waals surface area contributed by atoms with Gasteiger partial charge in [0.2, 0.25) is 0 Å². The van der Waals surface area contributed by atoms with Crippen LogP contribution in [0.3, 0.4) is 0 Å². The molecule has 81 heavy (non-hydrogen) atoms. The van der Waals surface area contributed by atoms with Gasteiger partial charge in [-0.1, -0.05) is 365 Å². The van der Waals surface area contributed by atoms with Gasteiger partial charge in [-0.3, -0.25) is 14.4 Å². The van der Waals surface area contributed by atoms with Gasteiger partial charge < -0.3 is 14.2 Å². The van der Waals surface area contributed by atoms with Crippen molar-refractivity contribution in [1.82, 2.24) is 0 Å². The Bertz CT molecular complexity index is 1400. The first-order valence-electron chi connectivity index (χ1n) is 36.1. The number of allylic oxidation sites excluding steroid dienone is 8. The summed E-state index contributed by atoms with van der Waals surface area (Å²) >= 11 is 0. The van der Waals surface area contributed by atoms with Gasteiger partial charge in [-0.25, -0.2) is 0 Å². The van der Waals surface area contributed by atoms with Crippen LogP contribution < -0.4 is 0 Å². The summed E-state index contributed by atoms with van der Waals surface area (Å²) in [6, 6.07) is 0. The van der Waals surface area contributed by atoms with Crippen LogP contribution in [0.2, 0.25) is 0 Å². The molecule has 1 unspecified atom stereocenters. The second-order valence-corrected chi connectivity index (χ2v) is 24.5. The fraction of sp³-hybridized carbons (Fsp3) is 0.853. The lowest BCUT2D eigenvalue weighted by Gasteiger charge is -2.18. The highest BCUT2D eigenvalue weighted by Gasteiger charge is 2.19. The summed E-state index contributed by atoms with van der Waals surface area (Å²) < 4.78 is 17.0. The first-order valence-corrected chi connectivity index (χ1v) is 36.1. The van der Waals surface area contributed by atoms with Crippen LogP contribution in [0.1, 0.15) is 393 Å². The second kappa shape index (κ2) is 69.9. The third kappa shape index (κ3) is 68.0. The summed E-state index contributed by atoms with van der Waals surface area (Å²) in [5.74, 6) is -0.840. The van der Waals surface area contributed by atoms with Crippen molar-refractivity contribution in [3.05, 3.63) is 48.6 Å². The summed E-state index contributed by atoms with van der Waals surface area (Å²) in [5, 5.41) is 0. The molecular weight excluding hydrogens is 997 g/mol. The Morgan fingerprint density at radius 2 is 0.481 bits per heavy atom. The Morgan fingerprint density at radius 1 is 0.259 bits per heavy atom. The molecule has 0 rings (SSSR count). The Morgan fingerprint density at radius 3 is 0.753 bits per heavy atom. The van der Waals surface area contributed by atoms with E-state index in [1.54, 1.807) is 0 Å². The Balaban J connectivity index is 4.32. The molecule has 0 N–H and O–H groups in total. The number of hydrogen-bond acceptors (Lipinski definition) is 6. The number of carbonyl (C=O) groups excluding carboxylic acids is 3. The molecule has 1 atom stereocenters. The van der Waals surface area contributed by atoms with Crippen molar-refractivity contribution in [3.8, 4) is 0 Å². The molecule has 0 heterocycles. The lowest BCUT2D eigenvalue weighted by atomic mass is 10.0. The standard InChI is InChI=1S/C75H138O6/c1-4-7-10-13-16-19-22-25-28-31-34-36-37-39-41-44-47-50-53-56-59-62-65-68-74(77)80-71-72(70-79-73(76)67-64-61-58-55-52-49-46-43-40-33-30-27-24-21-18-15-12-9-6-3)81-75(78)69-66-63-60-57-54-51-48-45-42-38-35-32-29-26-23-20-17-14-11-8-5-2/h7,10,16,19,25,28,34,36,72H,4-6,8-9,11-15,17-18,20-24,26-27,29-33,35,37-71H2,1-3H3/b10-7-,19-16-,28-25-,36-34-. The highest BCUT2D eigenvalue weighted by molar-refractivity contribution is 5.71. The number of carbonyl (C=O) groups is 3. The van der Waals surface area contributed by atoms with Crippen LogP contribution in [-0.2, 0) is 28.6 Å². The maximum atomic E-state index is 13.0. The Hall–Kier alpha value is -2.63. The molecule has 0 amide bonds. The summed E-state index contributed by atoms with van der Waals surface area (Å²) in [6.45, 7) is 6.61. The predicted octanol–water partition coefficient (Wildman–Crippen LogP) is 24.9. The van der Waals surface area contributed by atoms with Gasteiger partial charge >= 0.3 is 17.9 Å². The Kier molecular flexibility index (Phi) is 67.6. The molecule has 6 nitrogen and oxygen atoms in total. The summed E-state index contributed by atoms with van der Waals surface area (Å²) in [6.07, 6.45) is 88.5. The van der Waals surface area contributed by atoms with E-state index in [0.29, 0.717) is 19.3 Å². The molecule has 6 heteroatoms. The quantitative estimate of drug-likeness (QED) is 0.0261. The van der Waals surface area contributed by atoms with Gasteiger partial charge in [0.25, 0.3) is 0 Å². The molecule has 0 bridgehead atoms. The minimum atomic E-state index is -0.773. The van der Waals surface area contributed by atoms with E-state index in [1.165, 1.54) is 270 Å². The molecule has 0 saturated heterocycles. The van der Waals surface area contributed by atoms with Crippen LogP contribution in [0.25, 0.3) is 0 Å². The topological polar surface area (TPSA) is 78.9 Å². The molecule has 0 aliphatic heterocycles. The lowest BCUT2D eigenvalue weighted by Crippen LogP contribution is -2.30. The fourth-order valence-electron chi connectivity index (χ4n) is 11.0. The van der Waals surface area contributed by atoms with Crippen LogP contribution in [0.15, 0.2) is 48.6 Å². The summed E-state index contributed by atoms with van der Waals surface area (Å²) in [4.78, 5) is 38.5. The number of hydrogen-bond donors (Lipinski definition) is 0. The first-order chi connectivity index (χ1) is 40.0. The van der Waals surface area contributed by atoms with E-state index in [4.69, 9.17) is 14.2 Å². The van der Waals surface area contributed by atoms with Crippen molar-refractivity contribution in [3.63, 3.8) is 0 Å². The lowest BCUT2D eigenvalue weighted by molar-refractivity contribution is -0.167. The highest BCUT2D eigenvalue weighted by atomic mass is 16.6. The maximum absolute atomic E-state index is 13.0. The van der Waals surface area contributed by atoms with Gasteiger partial charge in [-0.15, -0.1) is 0 Å². The summed E-state index contributed by atoms with van der Waals surface area (Å²) in [5.41, 5.74) is 0. The Labute approximate surface area is 505 Å². The van der Waals surface area contributed by atoms with Crippen molar-refractivity contribution in [2.24, 2.45) is 0 Å². The van der Waals surface area contributed by atoms with Crippen molar-refractivity contribution in [2.45, 2.75) is 399 Å². The van der Waals surface area contributed by atoms with E-state index in [9.17, 15) is 14.4 Å². The monoisotopic (exact) mass is 1140 g/mol. The van der Waals surface area contributed by atoms with Crippen LogP contribution in [-0.4, -0.2) is 37.2 Å².